The van der Waals surface area contributed by atoms with Crippen molar-refractivity contribution in [2.24, 2.45) is 0 Å². The van der Waals surface area contributed by atoms with Crippen LogP contribution in [0.15, 0.2) is 71.6 Å². The number of sulfonamides is 1. The molecule has 3 aromatic rings. The fourth-order valence-electron chi connectivity index (χ4n) is 3.81. The van der Waals surface area contributed by atoms with E-state index < -0.39 is 15.9 Å². The van der Waals surface area contributed by atoms with Crippen molar-refractivity contribution < 1.29 is 13.2 Å². The van der Waals surface area contributed by atoms with E-state index in [4.69, 9.17) is 11.6 Å². The summed E-state index contributed by atoms with van der Waals surface area (Å²) in [6.07, 6.45) is 0. The summed E-state index contributed by atoms with van der Waals surface area (Å²) in [6, 6.07) is 19.4. The number of halogens is 1. The van der Waals surface area contributed by atoms with Crippen molar-refractivity contribution in [3.05, 3.63) is 94.0 Å². The number of nitrogens with zero attached hydrogens (tertiary/aromatic N) is 1. The summed E-state index contributed by atoms with van der Waals surface area (Å²) >= 11 is 6.10. The zero-order valence-corrected chi connectivity index (χ0v) is 22.7. The number of carbonyl (C=O) groups excluding carboxylic acids is 1. The van der Waals surface area contributed by atoms with Crippen LogP contribution in [0.5, 0.6) is 0 Å². The standard InChI is InChI=1S/C28H33ClN2O3S/c1-19-7-14-25(15-8-19)35(33,34)31(26-16-13-24(29)17-20(26)2)18-27(32)30-21(3)22-9-11-23(12-10-22)28(4,5)6/h7-17,21H,18H2,1-6H3,(H,30,32)/t21-/m0/s1. The summed E-state index contributed by atoms with van der Waals surface area (Å²) in [7, 11) is -3.99. The van der Waals surface area contributed by atoms with Gasteiger partial charge in [0.05, 0.1) is 16.6 Å². The molecular weight excluding hydrogens is 480 g/mol. The van der Waals surface area contributed by atoms with Gasteiger partial charge in [-0.25, -0.2) is 8.42 Å². The van der Waals surface area contributed by atoms with E-state index in [-0.39, 0.29) is 22.9 Å². The molecule has 7 heteroatoms. The number of anilines is 1. The quantitative estimate of drug-likeness (QED) is 0.402. The highest BCUT2D eigenvalue weighted by atomic mass is 35.5. The summed E-state index contributed by atoms with van der Waals surface area (Å²) in [5.74, 6) is -0.401. The Labute approximate surface area is 214 Å². The smallest absolute Gasteiger partial charge is 0.264 e. The zero-order valence-electron chi connectivity index (χ0n) is 21.1. The fraction of sp³-hybridized carbons (Fsp3) is 0.321. The van der Waals surface area contributed by atoms with Crippen LogP contribution in [0.1, 0.15) is 56.0 Å². The van der Waals surface area contributed by atoms with Crippen LogP contribution in [0.25, 0.3) is 0 Å². The van der Waals surface area contributed by atoms with Crippen LogP contribution >= 0.6 is 11.6 Å². The largest absolute Gasteiger partial charge is 0.348 e. The van der Waals surface area contributed by atoms with Gasteiger partial charge in [0.25, 0.3) is 10.0 Å². The normalized spacial score (nSPS) is 12.8. The molecular formula is C28H33ClN2O3S. The molecule has 0 unspecified atom stereocenters. The number of amides is 1. The molecule has 0 fully saturated rings. The molecule has 0 saturated heterocycles. The van der Waals surface area contributed by atoms with E-state index >= 15 is 0 Å². The van der Waals surface area contributed by atoms with Gasteiger partial charge in [0.2, 0.25) is 5.91 Å². The molecule has 0 aliphatic carbocycles. The highest BCUT2D eigenvalue weighted by Crippen LogP contribution is 2.29. The third-order valence-electron chi connectivity index (χ3n) is 5.98. The van der Waals surface area contributed by atoms with Gasteiger partial charge >= 0.3 is 0 Å². The summed E-state index contributed by atoms with van der Waals surface area (Å²) in [4.78, 5) is 13.2. The first-order chi connectivity index (χ1) is 16.3. The lowest BCUT2D eigenvalue weighted by molar-refractivity contribution is -0.120. The van der Waals surface area contributed by atoms with Gasteiger partial charge in [-0.05, 0) is 73.2 Å². The first-order valence-electron chi connectivity index (χ1n) is 11.5. The van der Waals surface area contributed by atoms with Gasteiger partial charge in [0.15, 0.2) is 0 Å². The Morgan fingerprint density at radius 2 is 1.57 bits per heavy atom. The van der Waals surface area contributed by atoms with Crippen molar-refractivity contribution in [2.75, 3.05) is 10.8 Å². The molecule has 0 heterocycles. The SMILES string of the molecule is Cc1ccc(S(=O)(=O)N(CC(=O)N[C@@H](C)c2ccc(C(C)(C)C)cc2)c2ccc(Cl)cc2C)cc1. The predicted octanol–water partition coefficient (Wildman–Crippen LogP) is 6.33. The van der Waals surface area contributed by atoms with E-state index in [1.807, 2.05) is 26.0 Å². The first kappa shape index (κ1) is 26.8. The molecule has 3 aromatic carbocycles. The van der Waals surface area contributed by atoms with E-state index in [1.165, 1.54) is 5.56 Å². The number of hydrogen-bond donors (Lipinski definition) is 1. The lowest BCUT2D eigenvalue weighted by Crippen LogP contribution is -2.42. The van der Waals surface area contributed by atoms with Gasteiger partial charge in [0, 0.05) is 5.02 Å². The molecule has 0 spiro atoms. The number of rotatable bonds is 7. The van der Waals surface area contributed by atoms with Crippen molar-refractivity contribution in [3.8, 4) is 0 Å². The predicted molar refractivity (Wildman–Crippen MR) is 144 cm³/mol. The topological polar surface area (TPSA) is 66.5 Å². The van der Waals surface area contributed by atoms with E-state index in [0.717, 1.165) is 15.4 Å². The van der Waals surface area contributed by atoms with Crippen LogP contribution in [0, 0.1) is 13.8 Å². The molecule has 5 nitrogen and oxygen atoms in total. The summed E-state index contributed by atoms with van der Waals surface area (Å²) in [5.41, 5.74) is 4.20. The first-order valence-corrected chi connectivity index (χ1v) is 13.4. The lowest BCUT2D eigenvalue weighted by Gasteiger charge is -2.27. The van der Waals surface area contributed by atoms with Crippen LogP contribution in [0.2, 0.25) is 5.02 Å². The van der Waals surface area contributed by atoms with Crippen LogP contribution in [0.4, 0.5) is 5.69 Å². The molecule has 0 aliphatic rings. The van der Waals surface area contributed by atoms with Crippen LogP contribution in [-0.2, 0) is 20.2 Å². The minimum Gasteiger partial charge on any atom is -0.348 e. The maximum absolute atomic E-state index is 13.6. The molecule has 0 saturated carbocycles. The summed E-state index contributed by atoms with van der Waals surface area (Å²) < 4.78 is 28.4. The molecule has 0 aliphatic heterocycles. The third-order valence-corrected chi connectivity index (χ3v) is 7.99. The number of aryl methyl sites for hydroxylation is 2. The van der Waals surface area contributed by atoms with Gasteiger partial charge in [-0.15, -0.1) is 0 Å². The van der Waals surface area contributed by atoms with Gasteiger partial charge in [-0.3, -0.25) is 9.10 Å². The molecule has 0 radical (unpaired) electrons. The Kier molecular flexibility index (Phi) is 7.97. The average molecular weight is 513 g/mol. The second-order valence-corrected chi connectivity index (χ2v) is 12.2. The molecule has 1 atom stereocenters. The van der Waals surface area contributed by atoms with Crippen molar-refractivity contribution in [3.63, 3.8) is 0 Å². The van der Waals surface area contributed by atoms with Crippen LogP contribution in [0.3, 0.4) is 0 Å². The number of carbonyl (C=O) groups is 1. The zero-order chi connectivity index (χ0) is 26.0. The highest BCUT2D eigenvalue weighted by Gasteiger charge is 2.29. The van der Waals surface area contributed by atoms with Crippen LogP contribution < -0.4 is 9.62 Å². The molecule has 186 valence electrons. The molecule has 1 N–H and O–H groups in total. The third kappa shape index (κ3) is 6.44. The van der Waals surface area contributed by atoms with Crippen molar-refractivity contribution in [2.45, 2.75) is 57.9 Å². The monoisotopic (exact) mass is 512 g/mol. The maximum atomic E-state index is 13.6. The second-order valence-electron chi connectivity index (χ2n) is 9.92. The number of benzene rings is 3. The van der Waals surface area contributed by atoms with Crippen molar-refractivity contribution in [1.29, 1.82) is 0 Å². The Hall–Kier alpha value is -2.83. The second kappa shape index (κ2) is 10.4. The Balaban J connectivity index is 1.88. The maximum Gasteiger partial charge on any atom is 0.264 e. The van der Waals surface area contributed by atoms with E-state index in [0.29, 0.717) is 16.3 Å². The van der Waals surface area contributed by atoms with Crippen molar-refractivity contribution in [1.82, 2.24) is 5.32 Å². The molecule has 35 heavy (non-hydrogen) atoms. The van der Waals surface area contributed by atoms with Gasteiger partial charge in [-0.2, -0.15) is 0 Å². The highest BCUT2D eigenvalue weighted by molar-refractivity contribution is 7.92. The van der Waals surface area contributed by atoms with Gasteiger partial charge < -0.3 is 5.32 Å². The molecule has 0 bridgehead atoms. The minimum absolute atomic E-state index is 0.0340. The van der Waals surface area contributed by atoms with E-state index in [1.54, 1.807) is 49.4 Å². The lowest BCUT2D eigenvalue weighted by atomic mass is 9.86. The van der Waals surface area contributed by atoms with Gasteiger partial charge in [-0.1, -0.05) is 74.3 Å². The average Bonchev–Trinajstić information content (AvgIpc) is 2.77. The van der Waals surface area contributed by atoms with E-state index in [9.17, 15) is 13.2 Å². The van der Waals surface area contributed by atoms with Gasteiger partial charge in [0.1, 0.15) is 6.54 Å². The van der Waals surface area contributed by atoms with Crippen LogP contribution in [-0.4, -0.2) is 20.9 Å². The number of nitrogens with one attached hydrogen (secondary N) is 1. The summed E-state index contributed by atoms with van der Waals surface area (Å²) in [5, 5.41) is 3.44. The molecule has 3 rings (SSSR count). The van der Waals surface area contributed by atoms with E-state index in [2.05, 4.69) is 38.2 Å². The fourth-order valence-corrected chi connectivity index (χ4v) is 5.52. The Morgan fingerprint density at radius 3 is 2.11 bits per heavy atom. The molecule has 1 amide bonds. The molecule has 0 aromatic heterocycles. The van der Waals surface area contributed by atoms with Crippen molar-refractivity contribution >= 4 is 33.2 Å². The summed E-state index contributed by atoms with van der Waals surface area (Å²) in [6.45, 7) is 11.6. The minimum atomic E-state index is -3.99. The Bertz CT molecular complexity index is 1300. The number of hydrogen-bond acceptors (Lipinski definition) is 3. The Morgan fingerprint density at radius 1 is 0.971 bits per heavy atom.